The molecule has 0 aliphatic heterocycles. The van der Waals surface area contributed by atoms with Crippen molar-refractivity contribution in [1.82, 2.24) is 4.98 Å². The summed E-state index contributed by atoms with van der Waals surface area (Å²) in [6, 6.07) is 3.65. The lowest BCUT2D eigenvalue weighted by Crippen LogP contribution is -1.86. The number of nitrogens with two attached hydrogens (primary N) is 1. The molecule has 1 aromatic heterocycles. The van der Waals surface area contributed by atoms with E-state index >= 15 is 0 Å². The lowest BCUT2D eigenvalue weighted by Gasteiger charge is -1.92. The minimum Gasteiger partial charge on any atom is -0.397 e. The zero-order valence-corrected chi connectivity index (χ0v) is 6.75. The number of hydrogen-bond acceptors (Lipinski definition) is 2. The predicted molar refractivity (Wildman–Crippen MR) is 48.4 cm³/mol. The van der Waals surface area contributed by atoms with Crippen LogP contribution in [-0.4, -0.2) is 10.9 Å². The fraction of sp³-hybridized carbons (Fsp3) is 0.125. The summed E-state index contributed by atoms with van der Waals surface area (Å²) in [6.45, 7) is 0. The van der Waals surface area contributed by atoms with Gasteiger partial charge in [-0.25, -0.2) is 0 Å². The highest BCUT2D eigenvalue weighted by molar-refractivity contribution is 6.19. The fourth-order valence-electron chi connectivity index (χ4n) is 0.681. The van der Waals surface area contributed by atoms with Gasteiger partial charge in [-0.1, -0.05) is 6.08 Å². The van der Waals surface area contributed by atoms with Gasteiger partial charge in [0.2, 0.25) is 0 Å². The van der Waals surface area contributed by atoms with E-state index in [0.717, 1.165) is 5.69 Å². The van der Waals surface area contributed by atoms with Crippen molar-refractivity contribution in [3.63, 3.8) is 0 Å². The van der Waals surface area contributed by atoms with Crippen molar-refractivity contribution in [3.05, 3.63) is 30.1 Å². The Kier molecular flexibility index (Phi) is 2.93. The lowest BCUT2D eigenvalue weighted by atomic mass is 10.3. The Morgan fingerprint density at radius 2 is 2.36 bits per heavy atom. The molecule has 1 rings (SSSR count). The van der Waals surface area contributed by atoms with Crippen LogP contribution in [0, 0.1) is 0 Å². The zero-order chi connectivity index (χ0) is 8.10. The lowest BCUT2D eigenvalue weighted by molar-refractivity contribution is 1.30. The first-order chi connectivity index (χ1) is 5.33. The molecule has 0 amide bonds. The molecular weight excluding hydrogens is 160 g/mol. The molecule has 0 bridgehead atoms. The average molecular weight is 169 g/mol. The van der Waals surface area contributed by atoms with Gasteiger partial charge in [0.1, 0.15) is 0 Å². The molecule has 0 saturated heterocycles. The Morgan fingerprint density at radius 3 is 2.91 bits per heavy atom. The molecule has 1 aromatic rings. The zero-order valence-electron chi connectivity index (χ0n) is 6.00. The number of hydrogen-bond donors (Lipinski definition) is 1. The quantitative estimate of drug-likeness (QED) is 0.686. The van der Waals surface area contributed by atoms with Gasteiger partial charge >= 0.3 is 0 Å². The van der Waals surface area contributed by atoms with Gasteiger partial charge in [-0.05, 0) is 18.2 Å². The summed E-state index contributed by atoms with van der Waals surface area (Å²) in [7, 11) is 0. The molecule has 1 heterocycles. The molecule has 2 N–H and O–H groups in total. The number of rotatable bonds is 2. The molecule has 0 saturated carbocycles. The number of anilines is 1. The summed E-state index contributed by atoms with van der Waals surface area (Å²) in [4.78, 5) is 4.05. The Labute approximate surface area is 70.7 Å². The van der Waals surface area contributed by atoms with Gasteiger partial charge in [0.25, 0.3) is 0 Å². The monoisotopic (exact) mass is 168 g/mol. The molecule has 0 aromatic carbocycles. The van der Waals surface area contributed by atoms with Crippen molar-refractivity contribution in [2.75, 3.05) is 11.6 Å². The summed E-state index contributed by atoms with van der Waals surface area (Å²) in [5.41, 5.74) is 6.99. The van der Waals surface area contributed by atoms with E-state index in [-0.39, 0.29) is 0 Å². The minimum atomic E-state index is 0.506. The molecule has 2 nitrogen and oxygen atoms in total. The first kappa shape index (κ1) is 8.08. The third-order valence-electron chi connectivity index (χ3n) is 1.19. The summed E-state index contributed by atoms with van der Waals surface area (Å²) in [6.07, 6.45) is 5.31. The van der Waals surface area contributed by atoms with Crippen molar-refractivity contribution < 1.29 is 0 Å². The summed E-state index contributed by atoms with van der Waals surface area (Å²) in [5, 5.41) is 0. The van der Waals surface area contributed by atoms with Gasteiger partial charge in [-0.2, -0.15) is 0 Å². The second kappa shape index (κ2) is 3.98. The topological polar surface area (TPSA) is 38.9 Å². The van der Waals surface area contributed by atoms with Crippen molar-refractivity contribution in [3.8, 4) is 0 Å². The number of pyridine rings is 1. The van der Waals surface area contributed by atoms with E-state index in [1.807, 2.05) is 18.2 Å². The Bertz CT molecular complexity index is 241. The molecule has 0 atom stereocenters. The van der Waals surface area contributed by atoms with Crippen molar-refractivity contribution >= 4 is 23.4 Å². The highest BCUT2D eigenvalue weighted by Crippen LogP contribution is 2.02. The van der Waals surface area contributed by atoms with Crippen molar-refractivity contribution in [2.45, 2.75) is 0 Å². The van der Waals surface area contributed by atoms with Gasteiger partial charge in [0.05, 0.1) is 17.6 Å². The second-order valence-electron chi connectivity index (χ2n) is 2.07. The van der Waals surface area contributed by atoms with Crippen molar-refractivity contribution in [1.29, 1.82) is 0 Å². The van der Waals surface area contributed by atoms with E-state index in [4.69, 9.17) is 17.3 Å². The van der Waals surface area contributed by atoms with Crippen LogP contribution in [0.15, 0.2) is 24.4 Å². The van der Waals surface area contributed by atoms with Gasteiger partial charge in [-0.3, -0.25) is 4.98 Å². The van der Waals surface area contributed by atoms with E-state index in [0.29, 0.717) is 11.6 Å². The predicted octanol–water partition coefficient (Wildman–Crippen LogP) is 1.92. The normalized spacial score (nSPS) is 10.6. The number of halogens is 1. The Balaban J connectivity index is 2.73. The molecule has 0 spiro atoms. The highest BCUT2D eigenvalue weighted by atomic mass is 35.5. The Hall–Kier alpha value is -1.02. The van der Waals surface area contributed by atoms with Crippen LogP contribution in [0.2, 0.25) is 0 Å². The van der Waals surface area contributed by atoms with Gasteiger partial charge in [0, 0.05) is 5.88 Å². The third kappa shape index (κ3) is 2.60. The molecule has 0 unspecified atom stereocenters. The van der Waals surface area contributed by atoms with Crippen LogP contribution < -0.4 is 5.73 Å². The minimum absolute atomic E-state index is 0.506. The molecule has 0 radical (unpaired) electrons. The van der Waals surface area contributed by atoms with Gasteiger partial charge < -0.3 is 5.73 Å². The summed E-state index contributed by atoms with van der Waals surface area (Å²) >= 11 is 5.44. The number of nitrogen functional groups attached to an aromatic ring is 1. The molecule has 58 valence electrons. The van der Waals surface area contributed by atoms with Crippen LogP contribution in [0.3, 0.4) is 0 Å². The van der Waals surface area contributed by atoms with E-state index in [9.17, 15) is 0 Å². The first-order valence-corrected chi connectivity index (χ1v) is 3.80. The largest absolute Gasteiger partial charge is 0.397 e. The molecule has 3 heteroatoms. The number of allylic oxidation sites excluding steroid dienone is 1. The summed E-state index contributed by atoms with van der Waals surface area (Å²) < 4.78 is 0. The maximum atomic E-state index is 5.44. The van der Waals surface area contributed by atoms with E-state index < -0.39 is 0 Å². The molecule has 0 aliphatic rings. The number of alkyl halides is 1. The standard InChI is InChI=1S/C8H9ClN2/c9-5-1-2-8-4-3-7(10)6-11-8/h1-4,6H,5,10H2. The van der Waals surface area contributed by atoms with Gasteiger partial charge in [-0.15, -0.1) is 11.6 Å². The van der Waals surface area contributed by atoms with E-state index in [1.165, 1.54) is 0 Å². The maximum absolute atomic E-state index is 5.44. The van der Waals surface area contributed by atoms with E-state index in [1.54, 1.807) is 12.3 Å². The fourth-order valence-corrected chi connectivity index (χ4v) is 0.770. The second-order valence-corrected chi connectivity index (χ2v) is 2.38. The molecule has 0 aliphatic carbocycles. The smallest absolute Gasteiger partial charge is 0.0628 e. The number of aromatic nitrogens is 1. The third-order valence-corrected chi connectivity index (χ3v) is 1.37. The SMILES string of the molecule is Nc1ccc(C=CCCl)nc1. The van der Waals surface area contributed by atoms with Crippen LogP contribution in [0.4, 0.5) is 5.69 Å². The van der Waals surface area contributed by atoms with Crippen LogP contribution in [-0.2, 0) is 0 Å². The van der Waals surface area contributed by atoms with Crippen molar-refractivity contribution in [2.24, 2.45) is 0 Å². The van der Waals surface area contributed by atoms with Crippen LogP contribution >= 0.6 is 11.6 Å². The maximum Gasteiger partial charge on any atom is 0.0628 e. The molecular formula is C8H9ClN2. The van der Waals surface area contributed by atoms with Gasteiger partial charge in [0.15, 0.2) is 0 Å². The van der Waals surface area contributed by atoms with Crippen LogP contribution in [0.5, 0.6) is 0 Å². The summed E-state index contributed by atoms with van der Waals surface area (Å²) in [5.74, 6) is 0.506. The highest BCUT2D eigenvalue weighted by Gasteiger charge is 1.86. The number of nitrogens with zero attached hydrogens (tertiary/aromatic N) is 1. The molecule has 11 heavy (non-hydrogen) atoms. The molecule has 0 fully saturated rings. The van der Waals surface area contributed by atoms with E-state index in [2.05, 4.69) is 4.98 Å². The first-order valence-electron chi connectivity index (χ1n) is 3.27. The van der Waals surface area contributed by atoms with Crippen LogP contribution in [0.25, 0.3) is 6.08 Å². The Morgan fingerprint density at radius 1 is 1.55 bits per heavy atom. The van der Waals surface area contributed by atoms with Crippen LogP contribution in [0.1, 0.15) is 5.69 Å². The average Bonchev–Trinajstić information content (AvgIpc) is 2.04.